The minimum Gasteiger partial charge on any atom is -0.496 e. The number of fused-ring (bicyclic) bond motifs is 3. The minimum absolute atomic E-state index is 0.0851. The first kappa shape index (κ1) is 29.3. The molecule has 228 valence electrons. The van der Waals surface area contributed by atoms with E-state index in [0.717, 1.165) is 55.1 Å². The first-order valence-electron chi connectivity index (χ1n) is 15.1. The number of aromatic nitrogens is 2. The highest BCUT2D eigenvalue weighted by molar-refractivity contribution is 5.91. The number of nitrogens with zero attached hydrogens (tertiary/aromatic N) is 7. The zero-order valence-electron chi connectivity index (χ0n) is 25.3. The summed E-state index contributed by atoms with van der Waals surface area (Å²) in [6.45, 7) is 6.46. The second-order valence-electron chi connectivity index (χ2n) is 12.3. The maximum atomic E-state index is 13.8. The molecule has 2 saturated heterocycles. The minimum atomic E-state index is -1.01. The Balaban J connectivity index is 1.37. The van der Waals surface area contributed by atoms with E-state index in [2.05, 4.69) is 53.6 Å². The molecule has 6 rings (SSSR count). The van der Waals surface area contributed by atoms with Crippen LogP contribution in [0.5, 0.6) is 11.8 Å². The lowest BCUT2D eigenvalue weighted by Gasteiger charge is -2.46. The average Bonchev–Trinajstić information content (AvgIpc) is 3.59. The van der Waals surface area contributed by atoms with Gasteiger partial charge in [0.15, 0.2) is 5.83 Å². The molecular formula is C32H40FN7O3. The van der Waals surface area contributed by atoms with E-state index in [1.165, 1.54) is 16.0 Å². The first-order chi connectivity index (χ1) is 20.8. The van der Waals surface area contributed by atoms with Crippen LogP contribution in [0.3, 0.4) is 0 Å². The van der Waals surface area contributed by atoms with E-state index < -0.39 is 17.8 Å². The van der Waals surface area contributed by atoms with Gasteiger partial charge in [0.05, 0.1) is 36.9 Å². The average molecular weight is 590 g/mol. The predicted octanol–water partition coefficient (Wildman–Crippen LogP) is 3.20. The number of halogens is 1. The standard InChI is InChI=1S/C32H40FN7O3/c1-21(33)30(41)40-16-15-39(18-22(40)11-13-34)29-25-19-38(3)32(12-10-24-26(32)8-5-9-28(24)42-4)17-27(25)35-31(36-29)43-20-23-7-6-14-37(23)2/h5,8-9,22-23H,1,6-7,10-12,14-20H2,2-4H3/t22-,23-,32?/m0/s1. The Bertz CT molecular complexity index is 1460. The smallest absolute Gasteiger partial charge is 0.318 e. The van der Waals surface area contributed by atoms with Crippen LogP contribution >= 0.6 is 0 Å². The van der Waals surface area contributed by atoms with Crippen molar-refractivity contribution < 1.29 is 18.7 Å². The second kappa shape index (κ2) is 11.7. The van der Waals surface area contributed by atoms with E-state index in [1.54, 1.807) is 7.11 Å². The zero-order valence-corrected chi connectivity index (χ0v) is 25.3. The molecule has 11 heteroatoms. The monoisotopic (exact) mass is 589 g/mol. The third-order valence-corrected chi connectivity index (χ3v) is 9.96. The molecule has 1 aromatic heterocycles. The largest absolute Gasteiger partial charge is 0.496 e. The fraction of sp³-hybridized carbons (Fsp3) is 0.562. The van der Waals surface area contributed by atoms with Gasteiger partial charge in [-0.1, -0.05) is 18.7 Å². The molecule has 1 amide bonds. The van der Waals surface area contributed by atoms with E-state index >= 15 is 0 Å². The molecule has 3 aliphatic heterocycles. The third-order valence-electron chi connectivity index (χ3n) is 9.96. The van der Waals surface area contributed by atoms with Crippen LogP contribution in [0, 0.1) is 11.3 Å². The Morgan fingerprint density at radius 1 is 1.21 bits per heavy atom. The fourth-order valence-corrected chi connectivity index (χ4v) is 7.54. The Morgan fingerprint density at radius 2 is 2.05 bits per heavy atom. The molecule has 43 heavy (non-hydrogen) atoms. The molecule has 4 heterocycles. The molecule has 4 aliphatic rings. The summed E-state index contributed by atoms with van der Waals surface area (Å²) >= 11 is 0. The number of nitriles is 1. The highest BCUT2D eigenvalue weighted by Crippen LogP contribution is 2.50. The van der Waals surface area contributed by atoms with Crippen LogP contribution in [0.1, 0.15) is 48.1 Å². The summed E-state index contributed by atoms with van der Waals surface area (Å²) in [7, 11) is 6.00. The van der Waals surface area contributed by atoms with E-state index in [4.69, 9.17) is 19.4 Å². The van der Waals surface area contributed by atoms with E-state index in [1.807, 2.05) is 6.07 Å². The number of likely N-dealkylation sites (N-methyl/N-ethyl adjacent to an activating group) is 2. The van der Waals surface area contributed by atoms with Gasteiger partial charge >= 0.3 is 6.01 Å². The molecule has 0 N–H and O–H groups in total. The summed E-state index contributed by atoms with van der Waals surface area (Å²) in [4.78, 5) is 30.8. The van der Waals surface area contributed by atoms with Crippen molar-refractivity contribution in [2.75, 3.05) is 58.9 Å². The summed E-state index contributed by atoms with van der Waals surface area (Å²) in [5, 5.41) is 9.53. The molecule has 2 fully saturated rings. The van der Waals surface area contributed by atoms with Gasteiger partial charge in [-0.15, -0.1) is 0 Å². The van der Waals surface area contributed by atoms with E-state index in [-0.39, 0.29) is 18.5 Å². The SMILES string of the molecule is C=C(F)C(=O)N1CCN(c2nc(OC[C@@H]3CCCN3C)nc3c2CN(C)C2(CCc4c(OC)cccc42)C3)C[C@@H]1CC#N. The van der Waals surface area contributed by atoms with Crippen molar-refractivity contribution in [1.29, 1.82) is 5.26 Å². The quantitative estimate of drug-likeness (QED) is 0.451. The molecule has 1 unspecified atom stereocenters. The number of carbonyl (C=O) groups is 1. The Hall–Kier alpha value is -3.75. The summed E-state index contributed by atoms with van der Waals surface area (Å²) in [6.07, 6.45) is 4.90. The molecule has 0 saturated carbocycles. The van der Waals surface area contributed by atoms with Gasteiger partial charge in [-0.25, -0.2) is 4.39 Å². The van der Waals surface area contributed by atoms with E-state index in [9.17, 15) is 14.4 Å². The van der Waals surface area contributed by atoms with Gasteiger partial charge in [-0.05, 0) is 63.5 Å². The molecular weight excluding hydrogens is 549 g/mol. The number of hydrogen-bond acceptors (Lipinski definition) is 9. The van der Waals surface area contributed by atoms with Crippen LogP contribution in [-0.2, 0) is 29.7 Å². The molecule has 0 bridgehead atoms. The van der Waals surface area contributed by atoms with Crippen LogP contribution in [-0.4, -0.2) is 96.6 Å². The van der Waals surface area contributed by atoms with Gasteiger partial charge in [-0.2, -0.15) is 15.2 Å². The predicted molar refractivity (Wildman–Crippen MR) is 160 cm³/mol. The van der Waals surface area contributed by atoms with Crippen molar-refractivity contribution in [1.82, 2.24) is 24.7 Å². The van der Waals surface area contributed by atoms with E-state index in [0.29, 0.717) is 44.7 Å². The van der Waals surface area contributed by atoms with Gasteiger partial charge in [0.1, 0.15) is 18.2 Å². The molecule has 1 aromatic carbocycles. The summed E-state index contributed by atoms with van der Waals surface area (Å²) in [6, 6.07) is 8.66. The summed E-state index contributed by atoms with van der Waals surface area (Å²) in [5.74, 6) is -0.0804. The number of rotatable bonds is 7. The van der Waals surface area contributed by atoms with Gasteiger partial charge in [-0.3, -0.25) is 9.69 Å². The van der Waals surface area contributed by atoms with Crippen molar-refractivity contribution in [3.05, 3.63) is 53.0 Å². The maximum Gasteiger partial charge on any atom is 0.318 e. The van der Waals surface area contributed by atoms with Crippen molar-refractivity contribution in [3.8, 4) is 17.8 Å². The van der Waals surface area contributed by atoms with Crippen LogP contribution in [0.2, 0.25) is 0 Å². The van der Waals surface area contributed by atoms with Crippen molar-refractivity contribution in [2.45, 2.75) is 62.7 Å². The van der Waals surface area contributed by atoms with Gasteiger partial charge < -0.3 is 24.2 Å². The Kier molecular flexibility index (Phi) is 8.00. The lowest BCUT2D eigenvalue weighted by Crippen LogP contribution is -2.56. The Morgan fingerprint density at radius 3 is 2.77 bits per heavy atom. The zero-order chi connectivity index (χ0) is 30.3. The number of methoxy groups -OCH3 is 1. The number of hydrogen-bond donors (Lipinski definition) is 0. The molecule has 3 atom stereocenters. The second-order valence-corrected chi connectivity index (χ2v) is 12.3. The highest BCUT2D eigenvalue weighted by Gasteiger charge is 2.48. The van der Waals surface area contributed by atoms with Crippen molar-refractivity contribution >= 4 is 11.7 Å². The van der Waals surface area contributed by atoms with Crippen LogP contribution < -0.4 is 14.4 Å². The molecule has 1 aliphatic carbocycles. The normalized spacial score (nSPS) is 25.4. The van der Waals surface area contributed by atoms with Crippen molar-refractivity contribution in [2.24, 2.45) is 0 Å². The molecule has 10 nitrogen and oxygen atoms in total. The van der Waals surface area contributed by atoms with Gasteiger partial charge in [0.2, 0.25) is 0 Å². The van der Waals surface area contributed by atoms with Crippen LogP contribution in [0.4, 0.5) is 10.2 Å². The summed E-state index contributed by atoms with van der Waals surface area (Å²) in [5.41, 5.74) is 4.30. The third kappa shape index (κ3) is 5.21. The maximum absolute atomic E-state index is 13.8. The molecule has 2 aromatic rings. The van der Waals surface area contributed by atoms with Gasteiger partial charge in [0.25, 0.3) is 5.91 Å². The summed E-state index contributed by atoms with van der Waals surface area (Å²) < 4.78 is 25.9. The first-order valence-corrected chi connectivity index (χ1v) is 15.1. The van der Waals surface area contributed by atoms with Gasteiger partial charge in [0, 0.05) is 44.2 Å². The number of carbonyl (C=O) groups excluding carboxylic acids is 1. The lowest BCUT2D eigenvalue weighted by atomic mass is 9.81. The number of piperazine rings is 1. The van der Waals surface area contributed by atoms with Crippen molar-refractivity contribution in [3.63, 3.8) is 0 Å². The van der Waals surface area contributed by atoms with Crippen LogP contribution in [0.15, 0.2) is 30.6 Å². The number of anilines is 1. The number of ether oxygens (including phenoxy) is 2. The fourth-order valence-electron chi connectivity index (χ4n) is 7.54. The molecule has 1 spiro atoms. The number of likely N-dealkylation sites (tertiary alicyclic amines) is 1. The number of amides is 1. The number of benzene rings is 1. The highest BCUT2D eigenvalue weighted by atomic mass is 19.1. The molecule has 0 radical (unpaired) electrons. The van der Waals surface area contributed by atoms with Crippen LogP contribution in [0.25, 0.3) is 0 Å². The topological polar surface area (TPSA) is 98.1 Å². The lowest BCUT2D eigenvalue weighted by molar-refractivity contribution is -0.131. The Labute approximate surface area is 252 Å².